The van der Waals surface area contributed by atoms with Gasteiger partial charge < -0.3 is 4.90 Å². The summed E-state index contributed by atoms with van der Waals surface area (Å²) in [4.78, 5) is 2.39. The molecular formula is C13H21N. The van der Waals surface area contributed by atoms with Crippen LogP contribution >= 0.6 is 0 Å². The normalized spacial score (nSPS) is 47.4. The van der Waals surface area contributed by atoms with Crippen molar-refractivity contribution in [3.63, 3.8) is 0 Å². The molecule has 1 heteroatoms. The van der Waals surface area contributed by atoms with E-state index in [9.17, 15) is 0 Å². The fourth-order valence-electron chi connectivity index (χ4n) is 3.76. The van der Waals surface area contributed by atoms with E-state index >= 15 is 0 Å². The molecule has 0 N–H and O–H groups in total. The minimum Gasteiger partial charge on any atom is -0.368 e. The maximum atomic E-state index is 4.23. The van der Waals surface area contributed by atoms with Gasteiger partial charge in [-0.15, -0.1) is 0 Å². The van der Waals surface area contributed by atoms with Gasteiger partial charge >= 0.3 is 0 Å². The SMILES string of the molecule is C=C1C(C)C(C)C2(C(=C)CC2C)N1C. The number of hydrogen-bond donors (Lipinski definition) is 0. The van der Waals surface area contributed by atoms with Gasteiger partial charge in [-0.3, -0.25) is 0 Å². The Kier molecular flexibility index (Phi) is 1.86. The fraction of sp³-hybridized carbons (Fsp3) is 0.692. The van der Waals surface area contributed by atoms with Gasteiger partial charge in [0.05, 0.1) is 5.54 Å². The predicted molar refractivity (Wildman–Crippen MR) is 60.9 cm³/mol. The summed E-state index contributed by atoms with van der Waals surface area (Å²) in [6.07, 6.45) is 1.19. The summed E-state index contributed by atoms with van der Waals surface area (Å²) in [5.41, 5.74) is 2.92. The van der Waals surface area contributed by atoms with E-state index in [1.54, 1.807) is 0 Å². The molecule has 0 aromatic heterocycles. The molecule has 0 aromatic rings. The van der Waals surface area contributed by atoms with Crippen molar-refractivity contribution in [2.75, 3.05) is 7.05 Å². The van der Waals surface area contributed by atoms with Crippen molar-refractivity contribution in [3.8, 4) is 0 Å². The third-order valence-corrected chi connectivity index (χ3v) is 4.83. The number of likely N-dealkylation sites (N-methyl/N-ethyl adjacent to an activating group) is 1. The highest BCUT2D eigenvalue weighted by Gasteiger charge is 2.60. The number of likely N-dealkylation sites (tertiary alicyclic amines) is 1. The van der Waals surface area contributed by atoms with E-state index in [0.29, 0.717) is 11.8 Å². The first-order valence-electron chi connectivity index (χ1n) is 5.54. The van der Waals surface area contributed by atoms with Gasteiger partial charge in [-0.2, -0.15) is 0 Å². The molecule has 2 fully saturated rings. The van der Waals surface area contributed by atoms with E-state index < -0.39 is 0 Å². The molecule has 0 aromatic carbocycles. The molecule has 1 nitrogen and oxygen atoms in total. The van der Waals surface area contributed by atoms with Crippen molar-refractivity contribution in [1.82, 2.24) is 4.90 Å². The Hall–Kier alpha value is -0.720. The summed E-state index contributed by atoms with van der Waals surface area (Å²) < 4.78 is 0. The van der Waals surface area contributed by atoms with Crippen molar-refractivity contribution >= 4 is 0 Å². The van der Waals surface area contributed by atoms with Gasteiger partial charge in [0.2, 0.25) is 0 Å². The molecule has 4 atom stereocenters. The Labute approximate surface area is 87.5 Å². The Morgan fingerprint density at radius 2 is 1.86 bits per heavy atom. The Balaban J connectivity index is 2.45. The second kappa shape index (κ2) is 2.65. The van der Waals surface area contributed by atoms with Crippen molar-refractivity contribution in [1.29, 1.82) is 0 Å². The van der Waals surface area contributed by atoms with E-state index in [-0.39, 0.29) is 5.54 Å². The van der Waals surface area contributed by atoms with Crippen LogP contribution in [0.2, 0.25) is 0 Å². The van der Waals surface area contributed by atoms with Crippen LogP contribution in [0.4, 0.5) is 0 Å². The van der Waals surface area contributed by atoms with E-state index in [1.807, 2.05) is 0 Å². The Morgan fingerprint density at radius 3 is 2.07 bits per heavy atom. The first kappa shape index (κ1) is 9.82. The molecule has 78 valence electrons. The molecule has 1 saturated heterocycles. The summed E-state index contributed by atoms with van der Waals surface area (Å²) in [6, 6.07) is 0. The lowest BCUT2D eigenvalue weighted by Gasteiger charge is -2.55. The largest absolute Gasteiger partial charge is 0.368 e. The molecule has 2 aliphatic rings. The van der Waals surface area contributed by atoms with Crippen LogP contribution in [-0.2, 0) is 0 Å². The van der Waals surface area contributed by atoms with Crippen LogP contribution < -0.4 is 0 Å². The van der Waals surface area contributed by atoms with Crippen LogP contribution in [0.5, 0.6) is 0 Å². The van der Waals surface area contributed by atoms with E-state index in [2.05, 4.69) is 45.9 Å². The zero-order chi connectivity index (χ0) is 10.7. The molecule has 0 amide bonds. The van der Waals surface area contributed by atoms with Crippen molar-refractivity contribution < 1.29 is 0 Å². The molecule has 0 bridgehead atoms. The molecule has 1 heterocycles. The van der Waals surface area contributed by atoms with Gasteiger partial charge in [-0.25, -0.2) is 0 Å². The van der Waals surface area contributed by atoms with Crippen molar-refractivity contribution in [2.45, 2.75) is 32.7 Å². The van der Waals surface area contributed by atoms with Gasteiger partial charge in [0, 0.05) is 18.7 Å². The molecule has 2 rings (SSSR count). The third kappa shape index (κ3) is 0.773. The maximum Gasteiger partial charge on any atom is 0.0665 e. The minimum absolute atomic E-state index is 0.233. The monoisotopic (exact) mass is 191 g/mol. The van der Waals surface area contributed by atoms with E-state index in [1.165, 1.54) is 17.7 Å². The van der Waals surface area contributed by atoms with E-state index in [0.717, 1.165) is 5.92 Å². The average molecular weight is 191 g/mol. The van der Waals surface area contributed by atoms with Crippen molar-refractivity contribution in [3.05, 3.63) is 24.4 Å². The van der Waals surface area contributed by atoms with Crippen LogP contribution in [-0.4, -0.2) is 17.5 Å². The number of rotatable bonds is 0. The number of nitrogens with zero attached hydrogens (tertiary/aromatic N) is 1. The number of hydrogen-bond acceptors (Lipinski definition) is 1. The van der Waals surface area contributed by atoms with Crippen LogP contribution in [0.1, 0.15) is 27.2 Å². The lowest BCUT2D eigenvalue weighted by molar-refractivity contribution is 0.0585. The van der Waals surface area contributed by atoms with Crippen LogP contribution in [0.3, 0.4) is 0 Å². The molecular weight excluding hydrogens is 170 g/mol. The average Bonchev–Trinajstić information content (AvgIpc) is 2.31. The predicted octanol–water partition coefficient (Wildman–Crippen LogP) is 3.05. The van der Waals surface area contributed by atoms with Gasteiger partial charge in [0.1, 0.15) is 0 Å². The Morgan fingerprint density at radius 1 is 1.29 bits per heavy atom. The van der Waals surface area contributed by atoms with E-state index in [4.69, 9.17) is 0 Å². The molecule has 1 aliphatic heterocycles. The standard InChI is InChI=1S/C13H21N/c1-8-7-9(2)13(8)11(4)10(3)12(5)14(13)6/h9-11H,1,5,7H2,2-4,6H3. The molecule has 14 heavy (non-hydrogen) atoms. The van der Waals surface area contributed by atoms with Gasteiger partial charge in [0.15, 0.2) is 0 Å². The van der Waals surface area contributed by atoms with Crippen LogP contribution in [0.15, 0.2) is 24.4 Å². The highest BCUT2D eigenvalue weighted by atomic mass is 15.2. The molecule has 4 unspecified atom stereocenters. The number of allylic oxidation sites excluding steroid dienone is 1. The highest BCUT2D eigenvalue weighted by Crippen LogP contribution is 2.59. The van der Waals surface area contributed by atoms with Crippen molar-refractivity contribution in [2.24, 2.45) is 17.8 Å². The lowest BCUT2D eigenvalue weighted by Crippen LogP contribution is -2.58. The zero-order valence-corrected chi connectivity index (χ0v) is 9.80. The Bertz CT molecular complexity index is 304. The molecule has 0 radical (unpaired) electrons. The van der Waals surface area contributed by atoms with Gasteiger partial charge in [0.25, 0.3) is 0 Å². The van der Waals surface area contributed by atoms with Gasteiger partial charge in [-0.05, 0) is 18.3 Å². The summed E-state index contributed by atoms with van der Waals surface area (Å²) in [6.45, 7) is 15.4. The quantitative estimate of drug-likeness (QED) is 0.532. The summed E-state index contributed by atoms with van der Waals surface area (Å²) in [7, 11) is 2.18. The fourth-order valence-corrected chi connectivity index (χ4v) is 3.76. The molecule has 1 saturated carbocycles. The molecule has 1 aliphatic carbocycles. The smallest absolute Gasteiger partial charge is 0.0665 e. The summed E-state index contributed by atoms with van der Waals surface area (Å²) in [5, 5.41) is 0. The van der Waals surface area contributed by atoms with Crippen LogP contribution in [0.25, 0.3) is 0 Å². The summed E-state index contributed by atoms with van der Waals surface area (Å²) in [5.74, 6) is 1.99. The first-order chi connectivity index (χ1) is 6.44. The lowest BCUT2D eigenvalue weighted by atomic mass is 9.57. The minimum atomic E-state index is 0.233. The molecule has 1 spiro atoms. The summed E-state index contributed by atoms with van der Waals surface area (Å²) >= 11 is 0. The second-order valence-corrected chi connectivity index (χ2v) is 5.16. The van der Waals surface area contributed by atoms with Crippen LogP contribution in [0, 0.1) is 17.8 Å². The third-order valence-electron chi connectivity index (χ3n) is 4.83. The highest BCUT2D eigenvalue weighted by molar-refractivity contribution is 5.38. The second-order valence-electron chi connectivity index (χ2n) is 5.16. The maximum absolute atomic E-state index is 4.23. The zero-order valence-electron chi connectivity index (χ0n) is 9.80. The topological polar surface area (TPSA) is 3.24 Å². The first-order valence-corrected chi connectivity index (χ1v) is 5.54. The van der Waals surface area contributed by atoms with Gasteiger partial charge in [-0.1, -0.05) is 39.5 Å².